The van der Waals surface area contributed by atoms with E-state index in [0.29, 0.717) is 24.6 Å². The molecule has 2 bridgehead atoms. The van der Waals surface area contributed by atoms with Crippen molar-refractivity contribution in [1.29, 1.82) is 0 Å². The quantitative estimate of drug-likeness (QED) is 0.807. The SMILES string of the molecule is Cc1ccc(CNC(=O)c2cn3c(c(O)c2=O)C(=O)N2CCC[C@H]4C[C@@]43C2)c(F)c1. The first-order valence-electron chi connectivity index (χ1n) is 10.1. The number of hydrogen-bond acceptors (Lipinski definition) is 4. The Labute approximate surface area is 172 Å². The number of amides is 2. The van der Waals surface area contributed by atoms with E-state index in [4.69, 9.17) is 0 Å². The highest BCUT2D eigenvalue weighted by molar-refractivity contribution is 5.99. The largest absolute Gasteiger partial charge is 0.503 e. The van der Waals surface area contributed by atoms with E-state index in [2.05, 4.69) is 5.32 Å². The summed E-state index contributed by atoms with van der Waals surface area (Å²) in [4.78, 5) is 40.0. The number of halogens is 1. The van der Waals surface area contributed by atoms with Crippen LogP contribution in [0.15, 0.2) is 29.2 Å². The van der Waals surface area contributed by atoms with Gasteiger partial charge in [0.2, 0.25) is 5.43 Å². The molecule has 156 valence electrons. The molecule has 3 heterocycles. The van der Waals surface area contributed by atoms with Gasteiger partial charge in [-0.1, -0.05) is 12.1 Å². The average Bonchev–Trinajstić information content (AvgIpc) is 3.41. The number of carbonyl (C=O) groups excluding carboxylic acids is 2. The molecule has 0 unspecified atom stereocenters. The van der Waals surface area contributed by atoms with Crippen molar-refractivity contribution < 1.29 is 19.1 Å². The van der Waals surface area contributed by atoms with Gasteiger partial charge in [0.1, 0.15) is 11.4 Å². The molecule has 2 fully saturated rings. The van der Waals surface area contributed by atoms with E-state index >= 15 is 0 Å². The number of aryl methyl sites for hydroxylation is 1. The molecule has 1 saturated heterocycles. The normalized spacial score (nSPS) is 24.0. The third-order valence-corrected chi connectivity index (χ3v) is 6.69. The highest BCUT2D eigenvalue weighted by atomic mass is 19.1. The molecule has 3 aliphatic rings. The van der Waals surface area contributed by atoms with Crippen molar-refractivity contribution in [3.8, 4) is 5.75 Å². The standard InChI is InChI=1S/C22H22FN3O4/c1-12-4-5-13(16(23)7-12)9-24-20(29)15-10-26-17(19(28)18(15)27)21(30)25-6-2-3-14-8-22(14,26)11-25/h4-5,7,10,14,28H,2-3,6,8-9,11H2,1H3,(H,24,29)/t14-,22+/m0/s1. The number of carbonyl (C=O) groups is 2. The van der Waals surface area contributed by atoms with Gasteiger partial charge in [-0.2, -0.15) is 0 Å². The van der Waals surface area contributed by atoms with Crippen LogP contribution in [-0.2, 0) is 12.1 Å². The first-order chi connectivity index (χ1) is 14.3. The topological polar surface area (TPSA) is 91.6 Å². The number of aromatic nitrogens is 1. The highest BCUT2D eigenvalue weighted by Crippen LogP contribution is 2.57. The summed E-state index contributed by atoms with van der Waals surface area (Å²) < 4.78 is 15.7. The highest BCUT2D eigenvalue weighted by Gasteiger charge is 2.61. The van der Waals surface area contributed by atoms with Crippen molar-refractivity contribution >= 4 is 11.8 Å². The molecule has 7 nitrogen and oxygen atoms in total. The van der Waals surface area contributed by atoms with E-state index in [0.717, 1.165) is 24.8 Å². The molecule has 1 aliphatic carbocycles. The third-order valence-electron chi connectivity index (χ3n) is 6.69. The predicted molar refractivity (Wildman–Crippen MR) is 106 cm³/mol. The third kappa shape index (κ3) is 2.66. The Hall–Kier alpha value is -3.16. The second kappa shape index (κ2) is 6.42. The second-order valence-electron chi connectivity index (χ2n) is 8.59. The number of nitrogens with zero attached hydrogens (tertiary/aromatic N) is 2. The minimum absolute atomic E-state index is 0.0308. The second-order valence-corrected chi connectivity index (χ2v) is 8.59. The lowest BCUT2D eigenvalue weighted by molar-refractivity contribution is 0.0650. The molecule has 2 atom stereocenters. The predicted octanol–water partition coefficient (Wildman–Crippen LogP) is 1.90. The summed E-state index contributed by atoms with van der Waals surface area (Å²) in [6.07, 6.45) is 4.10. The van der Waals surface area contributed by atoms with Crippen LogP contribution >= 0.6 is 0 Å². The van der Waals surface area contributed by atoms with E-state index in [1.165, 1.54) is 12.3 Å². The van der Waals surface area contributed by atoms with Crippen LogP contribution in [0.5, 0.6) is 5.75 Å². The summed E-state index contributed by atoms with van der Waals surface area (Å²) in [5.41, 5.74) is -0.452. The summed E-state index contributed by atoms with van der Waals surface area (Å²) in [6.45, 7) is 2.81. The molecular weight excluding hydrogens is 389 g/mol. The van der Waals surface area contributed by atoms with Crippen molar-refractivity contribution in [3.63, 3.8) is 0 Å². The molecule has 5 rings (SSSR count). The molecule has 0 radical (unpaired) electrons. The minimum atomic E-state index is -0.884. The minimum Gasteiger partial charge on any atom is -0.503 e. The van der Waals surface area contributed by atoms with Crippen LogP contribution in [0, 0.1) is 18.7 Å². The van der Waals surface area contributed by atoms with E-state index in [9.17, 15) is 23.9 Å². The maximum Gasteiger partial charge on any atom is 0.274 e. The molecule has 30 heavy (non-hydrogen) atoms. The fourth-order valence-electron chi connectivity index (χ4n) is 4.95. The summed E-state index contributed by atoms with van der Waals surface area (Å²) in [5, 5.41) is 13.1. The Morgan fingerprint density at radius 2 is 2.17 bits per heavy atom. The van der Waals surface area contributed by atoms with Gasteiger partial charge in [-0.05, 0) is 43.7 Å². The molecular formula is C22H22FN3O4. The molecule has 1 saturated carbocycles. The molecule has 1 aromatic carbocycles. The van der Waals surface area contributed by atoms with Crippen molar-refractivity contribution in [1.82, 2.24) is 14.8 Å². The maximum absolute atomic E-state index is 14.1. The first-order valence-corrected chi connectivity index (χ1v) is 10.1. The van der Waals surface area contributed by atoms with Gasteiger partial charge in [0.25, 0.3) is 11.8 Å². The van der Waals surface area contributed by atoms with E-state index < -0.39 is 22.9 Å². The number of benzene rings is 1. The van der Waals surface area contributed by atoms with Gasteiger partial charge in [0.15, 0.2) is 11.4 Å². The Balaban J connectivity index is 1.50. The smallest absolute Gasteiger partial charge is 0.274 e. The van der Waals surface area contributed by atoms with E-state index in [1.54, 1.807) is 28.5 Å². The Morgan fingerprint density at radius 1 is 1.37 bits per heavy atom. The fourth-order valence-corrected chi connectivity index (χ4v) is 4.95. The molecule has 1 spiro atoms. The average molecular weight is 411 g/mol. The van der Waals surface area contributed by atoms with Crippen LogP contribution in [0.3, 0.4) is 0 Å². The zero-order valence-electron chi connectivity index (χ0n) is 16.6. The summed E-state index contributed by atoms with van der Waals surface area (Å²) in [5.74, 6) is -1.86. The number of fused-ring (bicyclic) bond motifs is 2. The Kier molecular flexibility index (Phi) is 4.03. The Bertz CT molecular complexity index is 1160. The number of aromatic hydroxyl groups is 1. The van der Waals surface area contributed by atoms with Gasteiger partial charge in [-0.3, -0.25) is 14.4 Å². The van der Waals surface area contributed by atoms with Crippen molar-refractivity contribution in [3.05, 3.63) is 62.8 Å². The van der Waals surface area contributed by atoms with Gasteiger partial charge < -0.3 is 19.9 Å². The van der Waals surface area contributed by atoms with Crippen LogP contribution in [-0.4, -0.2) is 39.5 Å². The van der Waals surface area contributed by atoms with Gasteiger partial charge in [-0.15, -0.1) is 0 Å². The van der Waals surface area contributed by atoms with E-state index in [1.807, 2.05) is 0 Å². The van der Waals surface area contributed by atoms with Gasteiger partial charge in [0, 0.05) is 31.4 Å². The van der Waals surface area contributed by atoms with Gasteiger partial charge in [0.05, 0.1) is 5.54 Å². The lowest BCUT2D eigenvalue weighted by Crippen LogP contribution is -2.49. The fraction of sp³-hybridized carbons (Fsp3) is 0.409. The van der Waals surface area contributed by atoms with Gasteiger partial charge in [-0.25, -0.2) is 4.39 Å². The maximum atomic E-state index is 14.1. The first kappa shape index (κ1) is 18.8. The molecule has 1 aromatic heterocycles. The number of pyridine rings is 1. The molecule has 2 aromatic rings. The van der Waals surface area contributed by atoms with Crippen LogP contribution < -0.4 is 10.7 Å². The molecule has 2 N–H and O–H groups in total. The lowest BCUT2D eigenvalue weighted by Gasteiger charge is -2.36. The van der Waals surface area contributed by atoms with E-state index in [-0.39, 0.29) is 29.2 Å². The van der Waals surface area contributed by atoms with Crippen molar-refractivity contribution in [2.45, 2.75) is 38.3 Å². The Morgan fingerprint density at radius 3 is 2.93 bits per heavy atom. The van der Waals surface area contributed by atoms with Crippen molar-refractivity contribution in [2.24, 2.45) is 5.92 Å². The van der Waals surface area contributed by atoms with Gasteiger partial charge >= 0.3 is 0 Å². The number of rotatable bonds is 3. The number of nitrogens with one attached hydrogen (secondary N) is 1. The summed E-state index contributed by atoms with van der Waals surface area (Å²) in [6, 6.07) is 4.69. The van der Waals surface area contributed by atoms with Crippen LogP contribution in [0.2, 0.25) is 0 Å². The van der Waals surface area contributed by atoms with Crippen LogP contribution in [0.1, 0.15) is 51.2 Å². The molecule has 2 aliphatic heterocycles. The van der Waals surface area contributed by atoms with Crippen LogP contribution in [0.25, 0.3) is 0 Å². The zero-order valence-corrected chi connectivity index (χ0v) is 16.6. The summed E-state index contributed by atoms with van der Waals surface area (Å²) in [7, 11) is 0. The summed E-state index contributed by atoms with van der Waals surface area (Å²) >= 11 is 0. The lowest BCUT2D eigenvalue weighted by atomic mass is 10.0. The molecule has 2 amide bonds. The zero-order chi connectivity index (χ0) is 21.2. The van der Waals surface area contributed by atoms with Crippen LogP contribution in [0.4, 0.5) is 4.39 Å². The number of hydrogen-bond donors (Lipinski definition) is 2. The van der Waals surface area contributed by atoms with Crippen molar-refractivity contribution in [2.75, 3.05) is 13.1 Å². The molecule has 8 heteroatoms. The monoisotopic (exact) mass is 411 g/mol.